The van der Waals surface area contributed by atoms with E-state index >= 15 is 0 Å². The lowest BCUT2D eigenvalue weighted by Crippen LogP contribution is -2.38. The standard InChI is InChI=1S/C17H24N2O5/c1-5-6-13-9-12(10-14(23-3)16(13)24-4)11-18-17(22)19(2)8-7-15(20)21/h5,9-10H,1,6-8,11H2,2-4H3,(H,18,22)(H,20,21). The zero-order chi connectivity index (χ0) is 18.1. The monoisotopic (exact) mass is 336 g/mol. The molecule has 0 saturated heterocycles. The number of nitrogens with zero attached hydrogens (tertiary/aromatic N) is 1. The number of hydrogen-bond acceptors (Lipinski definition) is 4. The van der Waals surface area contributed by atoms with E-state index in [1.165, 1.54) is 4.90 Å². The number of hydrogen-bond donors (Lipinski definition) is 2. The molecule has 2 N–H and O–H groups in total. The highest BCUT2D eigenvalue weighted by Gasteiger charge is 2.13. The summed E-state index contributed by atoms with van der Waals surface area (Å²) in [6.07, 6.45) is 2.28. The number of carboxylic acid groups (broad SMARTS) is 1. The predicted molar refractivity (Wildman–Crippen MR) is 90.6 cm³/mol. The van der Waals surface area contributed by atoms with Crippen LogP contribution in [0.25, 0.3) is 0 Å². The van der Waals surface area contributed by atoms with Crippen molar-refractivity contribution in [3.63, 3.8) is 0 Å². The van der Waals surface area contributed by atoms with Crippen LogP contribution in [-0.4, -0.2) is 49.8 Å². The van der Waals surface area contributed by atoms with Crippen molar-refractivity contribution in [3.8, 4) is 11.5 Å². The number of methoxy groups -OCH3 is 2. The molecule has 24 heavy (non-hydrogen) atoms. The minimum absolute atomic E-state index is 0.0935. The molecule has 1 rings (SSSR count). The van der Waals surface area contributed by atoms with Crippen molar-refractivity contribution >= 4 is 12.0 Å². The number of rotatable bonds is 9. The number of amides is 2. The number of carboxylic acids is 1. The maximum Gasteiger partial charge on any atom is 0.317 e. The number of allylic oxidation sites excluding steroid dienone is 1. The normalized spacial score (nSPS) is 9.96. The van der Waals surface area contributed by atoms with E-state index in [0.29, 0.717) is 24.5 Å². The van der Waals surface area contributed by atoms with Crippen molar-refractivity contribution in [2.75, 3.05) is 27.8 Å². The molecule has 0 aromatic heterocycles. The average molecular weight is 336 g/mol. The lowest BCUT2D eigenvalue weighted by molar-refractivity contribution is -0.137. The first-order valence-corrected chi connectivity index (χ1v) is 7.48. The van der Waals surface area contributed by atoms with E-state index in [-0.39, 0.29) is 19.0 Å². The second kappa shape index (κ2) is 9.44. The van der Waals surface area contributed by atoms with Crippen molar-refractivity contribution in [1.29, 1.82) is 0 Å². The first kappa shape index (κ1) is 19.3. The van der Waals surface area contributed by atoms with Crippen LogP contribution in [0.1, 0.15) is 17.5 Å². The largest absolute Gasteiger partial charge is 0.493 e. The van der Waals surface area contributed by atoms with Gasteiger partial charge in [0.2, 0.25) is 0 Å². The van der Waals surface area contributed by atoms with Gasteiger partial charge < -0.3 is 24.8 Å². The van der Waals surface area contributed by atoms with Crippen molar-refractivity contribution in [3.05, 3.63) is 35.9 Å². The summed E-state index contributed by atoms with van der Waals surface area (Å²) in [6, 6.07) is 3.38. The molecule has 132 valence electrons. The number of carbonyl (C=O) groups excluding carboxylic acids is 1. The molecule has 0 fully saturated rings. The Balaban J connectivity index is 2.80. The molecular formula is C17H24N2O5. The van der Waals surface area contributed by atoms with E-state index in [4.69, 9.17) is 14.6 Å². The highest BCUT2D eigenvalue weighted by atomic mass is 16.5. The van der Waals surface area contributed by atoms with Crippen molar-refractivity contribution in [2.45, 2.75) is 19.4 Å². The van der Waals surface area contributed by atoms with Gasteiger partial charge in [-0.2, -0.15) is 0 Å². The summed E-state index contributed by atoms with van der Waals surface area (Å²) >= 11 is 0. The molecule has 0 heterocycles. The molecule has 0 aliphatic rings. The third-order valence-corrected chi connectivity index (χ3v) is 3.43. The van der Waals surface area contributed by atoms with Gasteiger partial charge in [0.25, 0.3) is 0 Å². The van der Waals surface area contributed by atoms with Gasteiger partial charge in [-0.15, -0.1) is 6.58 Å². The molecule has 1 aromatic rings. The quantitative estimate of drug-likeness (QED) is 0.674. The second-order valence-corrected chi connectivity index (χ2v) is 5.21. The zero-order valence-electron chi connectivity index (χ0n) is 14.3. The number of nitrogens with one attached hydrogen (secondary N) is 1. The minimum Gasteiger partial charge on any atom is -0.493 e. The van der Waals surface area contributed by atoms with E-state index < -0.39 is 5.97 Å². The van der Waals surface area contributed by atoms with Gasteiger partial charge in [-0.05, 0) is 24.1 Å². The summed E-state index contributed by atoms with van der Waals surface area (Å²) in [4.78, 5) is 23.8. The molecule has 0 saturated carbocycles. The molecule has 7 heteroatoms. The molecule has 0 aliphatic heterocycles. The van der Waals surface area contributed by atoms with Gasteiger partial charge in [0, 0.05) is 25.7 Å². The van der Waals surface area contributed by atoms with Crippen LogP contribution >= 0.6 is 0 Å². The number of carbonyl (C=O) groups is 2. The molecule has 0 aliphatic carbocycles. The van der Waals surface area contributed by atoms with Gasteiger partial charge in [0.1, 0.15) is 0 Å². The lowest BCUT2D eigenvalue weighted by atomic mass is 10.1. The Labute approximate surface area is 141 Å². The molecule has 1 aromatic carbocycles. The molecule has 7 nitrogen and oxygen atoms in total. The van der Waals surface area contributed by atoms with Crippen LogP contribution in [0.4, 0.5) is 4.79 Å². The van der Waals surface area contributed by atoms with Gasteiger partial charge >= 0.3 is 12.0 Å². The summed E-state index contributed by atoms with van der Waals surface area (Å²) in [5.41, 5.74) is 1.76. The first-order chi connectivity index (χ1) is 11.4. The SMILES string of the molecule is C=CCc1cc(CNC(=O)N(C)CCC(=O)O)cc(OC)c1OC. The summed E-state index contributed by atoms with van der Waals surface area (Å²) in [6.45, 7) is 4.17. The van der Waals surface area contributed by atoms with E-state index in [0.717, 1.165) is 11.1 Å². The Hall–Kier alpha value is -2.70. The van der Waals surface area contributed by atoms with Crippen LogP contribution in [0.5, 0.6) is 11.5 Å². The zero-order valence-corrected chi connectivity index (χ0v) is 14.3. The number of aliphatic carboxylic acids is 1. The fourth-order valence-electron chi connectivity index (χ4n) is 2.19. The van der Waals surface area contributed by atoms with Crippen LogP contribution in [0.2, 0.25) is 0 Å². The van der Waals surface area contributed by atoms with Crippen molar-refractivity contribution < 1.29 is 24.2 Å². The van der Waals surface area contributed by atoms with Gasteiger partial charge in [-0.1, -0.05) is 6.08 Å². The summed E-state index contributed by atoms with van der Waals surface area (Å²) in [7, 11) is 4.68. The van der Waals surface area contributed by atoms with E-state index in [2.05, 4.69) is 11.9 Å². The summed E-state index contributed by atoms with van der Waals surface area (Å²) in [5, 5.41) is 11.4. The maximum absolute atomic E-state index is 12.0. The summed E-state index contributed by atoms with van der Waals surface area (Å²) < 4.78 is 10.7. The Morgan fingerprint density at radius 2 is 2.04 bits per heavy atom. The van der Waals surface area contributed by atoms with Gasteiger partial charge in [-0.3, -0.25) is 4.79 Å². The maximum atomic E-state index is 12.0. The van der Waals surface area contributed by atoms with Crippen LogP contribution in [-0.2, 0) is 17.8 Å². The van der Waals surface area contributed by atoms with Gasteiger partial charge in [0.05, 0.1) is 20.6 Å². The van der Waals surface area contributed by atoms with Crippen molar-refractivity contribution in [2.24, 2.45) is 0 Å². The number of ether oxygens (including phenoxy) is 2. The number of benzene rings is 1. The lowest BCUT2D eigenvalue weighted by Gasteiger charge is -2.18. The highest BCUT2D eigenvalue weighted by molar-refractivity contribution is 5.75. The van der Waals surface area contributed by atoms with E-state index in [9.17, 15) is 9.59 Å². The molecule has 0 bridgehead atoms. The Morgan fingerprint density at radius 3 is 2.58 bits per heavy atom. The van der Waals surface area contributed by atoms with E-state index in [1.54, 1.807) is 33.4 Å². The topological polar surface area (TPSA) is 88.1 Å². The van der Waals surface area contributed by atoms with Gasteiger partial charge in [-0.25, -0.2) is 4.79 Å². The minimum atomic E-state index is -0.941. The molecule has 0 spiro atoms. The fourth-order valence-corrected chi connectivity index (χ4v) is 2.19. The van der Waals surface area contributed by atoms with Crippen LogP contribution < -0.4 is 14.8 Å². The van der Waals surface area contributed by atoms with Crippen LogP contribution in [0, 0.1) is 0 Å². The predicted octanol–water partition coefficient (Wildman–Crippen LogP) is 2.05. The van der Waals surface area contributed by atoms with Crippen LogP contribution in [0.15, 0.2) is 24.8 Å². The molecule has 0 radical (unpaired) electrons. The third kappa shape index (κ3) is 5.49. The van der Waals surface area contributed by atoms with E-state index in [1.807, 2.05) is 6.07 Å². The average Bonchev–Trinajstić information content (AvgIpc) is 2.57. The third-order valence-electron chi connectivity index (χ3n) is 3.43. The molecule has 0 atom stereocenters. The second-order valence-electron chi connectivity index (χ2n) is 5.21. The Bertz CT molecular complexity index is 601. The smallest absolute Gasteiger partial charge is 0.317 e. The van der Waals surface area contributed by atoms with Crippen LogP contribution in [0.3, 0.4) is 0 Å². The Morgan fingerprint density at radius 1 is 1.33 bits per heavy atom. The highest BCUT2D eigenvalue weighted by Crippen LogP contribution is 2.33. The molecule has 0 unspecified atom stereocenters. The summed E-state index contributed by atoms with van der Waals surface area (Å²) in [5.74, 6) is 0.287. The molecule has 2 amide bonds. The fraction of sp³-hybridized carbons (Fsp3) is 0.412. The van der Waals surface area contributed by atoms with Gasteiger partial charge in [0.15, 0.2) is 11.5 Å². The first-order valence-electron chi connectivity index (χ1n) is 7.48. The Kier molecular flexibility index (Phi) is 7.61. The van der Waals surface area contributed by atoms with Crippen molar-refractivity contribution in [1.82, 2.24) is 10.2 Å². The number of urea groups is 1. The molecular weight excluding hydrogens is 312 g/mol.